The number of halogens is 2. The zero-order chi connectivity index (χ0) is 18.4. The van der Waals surface area contributed by atoms with Crippen LogP contribution in [-0.2, 0) is 0 Å². The molecular formula is C20H23F2NO2. The van der Waals surface area contributed by atoms with Crippen LogP contribution in [0.25, 0.3) is 0 Å². The van der Waals surface area contributed by atoms with Crippen molar-refractivity contribution in [3.05, 3.63) is 65.2 Å². The summed E-state index contributed by atoms with van der Waals surface area (Å²) in [6.45, 7) is 4.45. The summed E-state index contributed by atoms with van der Waals surface area (Å²) in [5.41, 5.74) is 6.73. The van der Waals surface area contributed by atoms with Crippen molar-refractivity contribution in [1.29, 1.82) is 0 Å². The lowest BCUT2D eigenvalue weighted by Crippen LogP contribution is -2.40. The van der Waals surface area contributed by atoms with Crippen molar-refractivity contribution in [3.8, 4) is 5.75 Å². The minimum Gasteiger partial charge on any atom is -0.494 e. The van der Waals surface area contributed by atoms with Crippen LogP contribution in [0.1, 0.15) is 47.3 Å². The first-order chi connectivity index (χ1) is 11.9. The maximum absolute atomic E-state index is 14.5. The van der Waals surface area contributed by atoms with Gasteiger partial charge in [-0.25, -0.2) is 0 Å². The Morgan fingerprint density at radius 1 is 1.12 bits per heavy atom. The number of alkyl halides is 2. The monoisotopic (exact) mass is 347 g/mol. The number of nitrogens with two attached hydrogens (primary N) is 1. The van der Waals surface area contributed by atoms with Crippen molar-refractivity contribution in [3.63, 3.8) is 0 Å². The molecule has 0 bridgehead atoms. The lowest BCUT2D eigenvalue weighted by atomic mass is 9.94. The van der Waals surface area contributed by atoms with E-state index in [1.165, 1.54) is 24.3 Å². The standard InChI is InChI=1S/C20H23F2NO2/c1-3-4-13-25-17-11-9-15(10-12-17)18(23)20(21,22)19(24)16-7-5-14(2)6-8-16/h5-12,18H,3-4,13,23H2,1-2H3. The van der Waals surface area contributed by atoms with Crippen LogP contribution < -0.4 is 10.5 Å². The number of aryl methyl sites for hydroxylation is 1. The SMILES string of the molecule is CCCCOc1ccc(C(N)C(F)(F)C(=O)c2ccc(C)cc2)cc1. The Bertz CT molecular complexity index is 697. The van der Waals surface area contributed by atoms with E-state index in [1.54, 1.807) is 24.3 Å². The summed E-state index contributed by atoms with van der Waals surface area (Å²) in [6, 6.07) is 10.4. The molecule has 0 aromatic heterocycles. The predicted molar refractivity (Wildman–Crippen MR) is 94.2 cm³/mol. The first-order valence-corrected chi connectivity index (χ1v) is 8.34. The van der Waals surface area contributed by atoms with E-state index in [1.807, 2.05) is 6.92 Å². The fourth-order valence-electron chi connectivity index (χ4n) is 2.35. The summed E-state index contributed by atoms with van der Waals surface area (Å²) >= 11 is 0. The number of ketones is 1. The second-order valence-corrected chi connectivity index (χ2v) is 6.07. The normalized spacial score (nSPS) is 12.7. The van der Waals surface area contributed by atoms with Gasteiger partial charge in [0.1, 0.15) is 11.8 Å². The average Bonchev–Trinajstić information content (AvgIpc) is 2.62. The quantitative estimate of drug-likeness (QED) is 0.557. The van der Waals surface area contributed by atoms with Crippen molar-refractivity contribution in [1.82, 2.24) is 0 Å². The summed E-state index contributed by atoms with van der Waals surface area (Å²) in [6.07, 6.45) is 1.93. The minimum absolute atomic E-state index is 0.0504. The fourth-order valence-corrected chi connectivity index (χ4v) is 2.35. The Morgan fingerprint density at radius 2 is 1.72 bits per heavy atom. The van der Waals surface area contributed by atoms with Gasteiger partial charge < -0.3 is 10.5 Å². The summed E-state index contributed by atoms with van der Waals surface area (Å²) in [5, 5.41) is 0. The highest BCUT2D eigenvalue weighted by Gasteiger charge is 2.46. The molecule has 5 heteroatoms. The van der Waals surface area contributed by atoms with Gasteiger partial charge >= 0.3 is 5.92 Å². The van der Waals surface area contributed by atoms with E-state index < -0.39 is 17.7 Å². The third-order valence-electron chi connectivity index (χ3n) is 4.01. The van der Waals surface area contributed by atoms with Gasteiger partial charge in [0, 0.05) is 5.56 Å². The van der Waals surface area contributed by atoms with Gasteiger partial charge in [0.05, 0.1) is 6.61 Å². The molecule has 0 saturated heterocycles. The number of Topliss-reactive ketones (excluding diaryl/α,β-unsaturated/α-hetero) is 1. The van der Waals surface area contributed by atoms with Crippen LogP contribution >= 0.6 is 0 Å². The highest BCUT2D eigenvalue weighted by atomic mass is 19.3. The van der Waals surface area contributed by atoms with Gasteiger partial charge in [-0.3, -0.25) is 4.79 Å². The zero-order valence-electron chi connectivity index (χ0n) is 14.5. The number of carbonyl (C=O) groups excluding carboxylic acids is 1. The Kier molecular flexibility index (Phi) is 6.26. The number of hydrogen-bond donors (Lipinski definition) is 1. The topological polar surface area (TPSA) is 52.3 Å². The molecule has 2 aromatic carbocycles. The summed E-state index contributed by atoms with van der Waals surface area (Å²) in [4.78, 5) is 12.2. The maximum atomic E-state index is 14.5. The third-order valence-corrected chi connectivity index (χ3v) is 4.01. The molecule has 25 heavy (non-hydrogen) atoms. The van der Waals surface area contributed by atoms with E-state index in [4.69, 9.17) is 10.5 Å². The maximum Gasteiger partial charge on any atom is 0.328 e. The third kappa shape index (κ3) is 4.63. The second kappa shape index (κ2) is 8.21. The Hall–Kier alpha value is -2.27. The highest BCUT2D eigenvalue weighted by Crippen LogP contribution is 2.33. The first kappa shape index (κ1) is 19.1. The molecule has 2 rings (SSSR count). The predicted octanol–water partition coefficient (Wildman–Crippen LogP) is 4.69. The van der Waals surface area contributed by atoms with E-state index in [9.17, 15) is 13.6 Å². The van der Waals surface area contributed by atoms with Crippen LogP contribution in [0.3, 0.4) is 0 Å². The molecule has 0 amide bonds. The highest BCUT2D eigenvalue weighted by molar-refractivity contribution is 6.02. The summed E-state index contributed by atoms with van der Waals surface area (Å²) in [7, 11) is 0. The molecule has 0 fully saturated rings. The van der Waals surface area contributed by atoms with Crippen molar-refractivity contribution in [2.75, 3.05) is 6.61 Å². The van der Waals surface area contributed by atoms with E-state index in [-0.39, 0.29) is 11.1 Å². The van der Waals surface area contributed by atoms with Crippen LogP contribution in [0.4, 0.5) is 8.78 Å². The number of hydrogen-bond acceptors (Lipinski definition) is 3. The minimum atomic E-state index is -3.69. The van der Waals surface area contributed by atoms with Crippen LogP contribution in [0.5, 0.6) is 5.75 Å². The number of carbonyl (C=O) groups is 1. The molecule has 0 aliphatic carbocycles. The number of benzene rings is 2. The molecule has 0 heterocycles. The van der Waals surface area contributed by atoms with E-state index in [0.717, 1.165) is 18.4 Å². The van der Waals surface area contributed by atoms with Gasteiger partial charge in [-0.1, -0.05) is 55.3 Å². The van der Waals surface area contributed by atoms with Crippen LogP contribution in [0.2, 0.25) is 0 Å². The van der Waals surface area contributed by atoms with E-state index in [0.29, 0.717) is 12.4 Å². The largest absolute Gasteiger partial charge is 0.494 e. The Labute approximate surface area is 146 Å². The molecule has 3 nitrogen and oxygen atoms in total. The molecule has 0 aliphatic rings. The van der Waals surface area contributed by atoms with Gasteiger partial charge in [0.25, 0.3) is 0 Å². The molecule has 2 N–H and O–H groups in total. The van der Waals surface area contributed by atoms with Gasteiger partial charge in [-0.15, -0.1) is 0 Å². The number of rotatable bonds is 8. The molecular weight excluding hydrogens is 324 g/mol. The van der Waals surface area contributed by atoms with Gasteiger partial charge in [-0.2, -0.15) is 8.78 Å². The van der Waals surface area contributed by atoms with Gasteiger partial charge in [0.15, 0.2) is 0 Å². The first-order valence-electron chi connectivity index (χ1n) is 8.34. The fraction of sp³-hybridized carbons (Fsp3) is 0.350. The van der Waals surface area contributed by atoms with E-state index >= 15 is 0 Å². The molecule has 2 aromatic rings. The molecule has 134 valence electrons. The summed E-state index contributed by atoms with van der Waals surface area (Å²) in [5.74, 6) is -4.37. The molecule has 0 saturated carbocycles. The second-order valence-electron chi connectivity index (χ2n) is 6.07. The molecule has 1 atom stereocenters. The van der Waals surface area contributed by atoms with Gasteiger partial charge in [-0.05, 0) is 31.0 Å². The number of unbranched alkanes of at least 4 members (excludes halogenated alkanes) is 1. The average molecular weight is 347 g/mol. The van der Waals surface area contributed by atoms with Crippen molar-refractivity contribution < 1.29 is 18.3 Å². The molecule has 0 radical (unpaired) electrons. The van der Waals surface area contributed by atoms with Crippen molar-refractivity contribution in [2.24, 2.45) is 5.73 Å². The smallest absolute Gasteiger partial charge is 0.328 e. The zero-order valence-corrected chi connectivity index (χ0v) is 14.5. The van der Waals surface area contributed by atoms with E-state index in [2.05, 4.69) is 6.92 Å². The molecule has 0 spiro atoms. The van der Waals surface area contributed by atoms with Crippen LogP contribution in [0.15, 0.2) is 48.5 Å². The summed E-state index contributed by atoms with van der Waals surface area (Å²) < 4.78 is 34.6. The Morgan fingerprint density at radius 3 is 2.28 bits per heavy atom. The van der Waals surface area contributed by atoms with Crippen LogP contribution in [0, 0.1) is 6.92 Å². The Balaban J connectivity index is 2.12. The molecule has 1 unspecified atom stereocenters. The van der Waals surface area contributed by atoms with Crippen molar-refractivity contribution in [2.45, 2.75) is 38.7 Å². The van der Waals surface area contributed by atoms with Gasteiger partial charge in [0.2, 0.25) is 5.78 Å². The molecule has 0 aliphatic heterocycles. The van der Waals surface area contributed by atoms with Crippen LogP contribution in [-0.4, -0.2) is 18.3 Å². The van der Waals surface area contributed by atoms with Crippen molar-refractivity contribution >= 4 is 5.78 Å². The lowest BCUT2D eigenvalue weighted by Gasteiger charge is -2.23. The number of ether oxygens (including phenoxy) is 1. The lowest BCUT2D eigenvalue weighted by molar-refractivity contribution is -0.00723.